The van der Waals surface area contributed by atoms with Crippen LogP contribution in [-0.4, -0.2) is 24.5 Å². The average Bonchev–Trinajstić information content (AvgIpc) is 2.54. The van der Waals surface area contributed by atoms with Crippen molar-refractivity contribution in [3.63, 3.8) is 0 Å². The maximum Gasteiger partial charge on any atom is 0.308 e. The summed E-state index contributed by atoms with van der Waals surface area (Å²) in [6, 6.07) is 12.5. The molecule has 0 aliphatic carbocycles. The normalized spacial score (nSPS) is 9.88. The third kappa shape index (κ3) is 4.84. The number of anilines is 1. The Morgan fingerprint density at radius 2 is 1.75 bits per heavy atom. The van der Waals surface area contributed by atoms with Crippen molar-refractivity contribution in [2.75, 3.05) is 11.9 Å². The number of amides is 1. The molecule has 124 valence electrons. The number of aromatic carboxylic acids is 1. The number of hydrogen-bond acceptors (Lipinski definition) is 6. The molecule has 0 aliphatic heterocycles. The Hall–Kier alpha value is -3.35. The van der Waals surface area contributed by atoms with Crippen LogP contribution in [-0.2, 0) is 9.59 Å². The fraction of sp³-hybridized carbons (Fsp3) is 0.118. The van der Waals surface area contributed by atoms with Crippen LogP contribution < -0.4 is 19.9 Å². The molecule has 0 radical (unpaired) electrons. The lowest BCUT2D eigenvalue weighted by atomic mass is 10.1. The third-order valence-electron chi connectivity index (χ3n) is 2.86. The number of carboxylic acids is 1. The summed E-state index contributed by atoms with van der Waals surface area (Å²) in [7, 11) is 0. The zero-order chi connectivity index (χ0) is 17.5. The number of carboxylic acid groups (broad SMARTS) is 1. The van der Waals surface area contributed by atoms with Crippen molar-refractivity contribution in [2.45, 2.75) is 6.92 Å². The summed E-state index contributed by atoms with van der Waals surface area (Å²) in [5.41, 5.74) is -0.283. The van der Waals surface area contributed by atoms with Gasteiger partial charge in [-0.1, -0.05) is 18.2 Å². The van der Waals surface area contributed by atoms with Crippen LogP contribution >= 0.6 is 0 Å². The first-order valence-corrected chi connectivity index (χ1v) is 6.97. The predicted octanol–water partition coefficient (Wildman–Crippen LogP) is 0.993. The SMILES string of the molecule is CC(=O)Oc1ccc(NC(=O)COc2ccccc2)c(C(=O)[O-])c1. The van der Waals surface area contributed by atoms with Gasteiger partial charge in [-0.3, -0.25) is 9.59 Å². The lowest BCUT2D eigenvalue weighted by Crippen LogP contribution is -2.26. The summed E-state index contributed by atoms with van der Waals surface area (Å²) in [6.07, 6.45) is 0. The molecule has 0 unspecified atom stereocenters. The van der Waals surface area contributed by atoms with E-state index < -0.39 is 17.8 Å². The zero-order valence-corrected chi connectivity index (χ0v) is 12.8. The van der Waals surface area contributed by atoms with Crippen molar-refractivity contribution < 1.29 is 29.0 Å². The summed E-state index contributed by atoms with van der Waals surface area (Å²) in [6.45, 7) is 0.900. The largest absolute Gasteiger partial charge is 0.545 e. The topological polar surface area (TPSA) is 105 Å². The van der Waals surface area contributed by atoms with Crippen LogP contribution in [0.25, 0.3) is 0 Å². The van der Waals surface area contributed by atoms with E-state index in [2.05, 4.69) is 5.32 Å². The summed E-state index contributed by atoms with van der Waals surface area (Å²) < 4.78 is 10.1. The third-order valence-corrected chi connectivity index (χ3v) is 2.86. The van der Waals surface area contributed by atoms with Crippen molar-refractivity contribution in [3.8, 4) is 11.5 Å². The maximum absolute atomic E-state index is 11.9. The molecule has 0 saturated carbocycles. The van der Waals surface area contributed by atoms with Crippen LogP contribution in [0.15, 0.2) is 48.5 Å². The first-order valence-electron chi connectivity index (χ1n) is 6.97. The Kier molecular flexibility index (Phi) is 5.51. The zero-order valence-electron chi connectivity index (χ0n) is 12.8. The molecule has 0 heterocycles. The number of benzene rings is 2. The molecule has 2 aromatic carbocycles. The Morgan fingerprint density at radius 3 is 2.38 bits per heavy atom. The monoisotopic (exact) mass is 328 g/mol. The number of ether oxygens (including phenoxy) is 2. The molecule has 0 aliphatic rings. The van der Waals surface area contributed by atoms with Gasteiger partial charge in [0.15, 0.2) is 6.61 Å². The lowest BCUT2D eigenvalue weighted by molar-refractivity contribution is -0.254. The minimum Gasteiger partial charge on any atom is -0.545 e. The van der Waals surface area contributed by atoms with Gasteiger partial charge in [-0.05, 0) is 30.3 Å². The van der Waals surface area contributed by atoms with Crippen molar-refractivity contribution in [3.05, 3.63) is 54.1 Å². The van der Waals surface area contributed by atoms with Gasteiger partial charge in [0.2, 0.25) is 0 Å². The van der Waals surface area contributed by atoms with Crippen molar-refractivity contribution in [1.82, 2.24) is 0 Å². The van der Waals surface area contributed by atoms with Gasteiger partial charge >= 0.3 is 5.97 Å². The van der Waals surface area contributed by atoms with Crippen LogP contribution in [0.5, 0.6) is 11.5 Å². The number of carbonyl (C=O) groups is 3. The van der Waals surface area contributed by atoms with Crippen LogP contribution in [0, 0.1) is 0 Å². The molecule has 24 heavy (non-hydrogen) atoms. The van der Waals surface area contributed by atoms with Gasteiger partial charge in [-0.25, -0.2) is 0 Å². The summed E-state index contributed by atoms with van der Waals surface area (Å²) in [5.74, 6) is -2.09. The second kappa shape index (κ2) is 7.77. The molecule has 0 saturated heterocycles. The summed E-state index contributed by atoms with van der Waals surface area (Å²) >= 11 is 0. The van der Waals surface area contributed by atoms with Crippen LogP contribution in [0.2, 0.25) is 0 Å². The van der Waals surface area contributed by atoms with E-state index in [4.69, 9.17) is 9.47 Å². The number of hydrogen-bond donors (Lipinski definition) is 1. The van der Waals surface area contributed by atoms with Crippen molar-refractivity contribution in [2.24, 2.45) is 0 Å². The standard InChI is InChI=1S/C17H15NO6/c1-11(19)24-13-7-8-15(14(9-13)17(21)22)18-16(20)10-23-12-5-3-2-4-6-12/h2-9H,10H2,1H3,(H,18,20)(H,21,22)/p-1. The Morgan fingerprint density at radius 1 is 1.04 bits per heavy atom. The van der Waals surface area contributed by atoms with Crippen LogP contribution in [0.3, 0.4) is 0 Å². The minimum absolute atomic E-state index is 0.0209. The summed E-state index contributed by atoms with van der Waals surface area (Å²) in [5, 5.41) is 13.6. The first kappa shape index (κ1) is 17.0. The van der Waals surface area contributed by atoms with E-state index in [-0.39, 0.29) is 23.6 Å². The van der Waals surface area contributed by atoms with Gasteiger partial charge in [0.1, 0.15) is 11.5 Å². The van der Waals surface area contributed by atoms with Gasteiger partial charge in [-0.15, -0.1) is 0 Å². The molecule has 0 fully saturated rings. The van der Waals surface area contributed by atoms with E-state index in [1.54, 1.807) is 24.3 Å². The second-order valence-corrected chi connectivity index (χ2v) is 4.74. The molecule has 7 nitrogen and oxygen atoms in total. The van der Waals surface area contributed by atoms with E-state index >= 15 is 0 Å². The van der Waals surface area contributed by atoms with E-state index in [1.807, 2.05) is 6.07 Å². The number of carbonyl (C=O) groups excluding carboxylic acids is 3. The first-order chi connectivity index (χ1) is 11.5. The molecule has 0 atom stereocenters. The average molecular weight is 328 g/mol. The fourth-order valence-electron chi connectivity index (χ4n) is 1.88. The van der Waals surface area contributed by atoms with Gasteiger partial charge in [0.05, 0.1) is 11.7 Å². The molecule has 2 rings (SSSR count). The molecule has 1 amide bonds. The van der Waals surface area contributed by atoms with E-state index in [0.717, 1.165) is 6.07 Å². The summed E-state index contributed by atoms with van der Waals surface area (Å²) in [4.78, 5) is 34.0. The molecule has 0 aromatic heterocycles. The number of rotatable bonds is 6. The molecule has 7 heteroatoms. The highest BCUT2D eigenvalue weighted by Gasteiger charge is 2.11. The highest BCUT2D eigenvalue weighted by Crippen LogP contribution is 2.22. The quantitative estimate of drug-likeness (QED) is 0.626. The highest BCUT2D eigenvalue weighted by molar-refractivity contribution is 6.00. The Bertz CT molecular complexity index is 757. The number of para-hydroxylation sites is 1. The molecular formula is C17H14NO6-. The van der Waals surface area contributed by atoms with E-state index in [0.29, 0.717) is 5.75 Å². The van der Waals surface area contributed by atoms with Gasteiger partial charge in [0, 0.05) is 12.5 Å². The van der Waals surface area contributed by atoms with Crippen molar-refractivity contribution >= 4 is 23.5 Å². The molecule has 0 bridgehead atoms. The van der Waals surface area contributed by atoms with Crippen LogP contribution in [0.4, 0.5) is 5.69 Å². The van der Waals surface area contributed by atoms with E-state index in [9.17, 15) is 19.5 Å². The smallest absolute Gasteiger partial charge is 0.308 e. The molecular weight excluding hydrogens is 314 g/mol. The fourth-order valence-corrected chi connectivity index (χ4v) is 1.88. The van der Waals surface area contributed by atoms with Crippen LogP contribution in [0.1, 0.15) is 17.3 Å². The van der Waals surface area contributed by atoms with Crippen molar-refractivity contribution in [1.29, 1.82) is 0 Å². The Balaban J connectivity index is 2.06. The molecule has 1 N–H and O–H groups in total. The van der Waals surface area contributed by atoms with E-state index in [1.165, 1.54) is 19.1 Å². The van der Waals surface area contributed by atoms with Gasteiger partial charge in [0.25, 0.3) is 5.91 Å². The number of esters is 1. The predicted molar refractivity (Wildman–Crippen MR) is 82.6 cm³/mol. The number of nitrogens with one attached hydrogen (secondary N) is 1. The second-order valence-electron chi connectivity index (χ2n) is 4.74. The lowest BCUT2D eigenvalue weighted by Gasteiger charge is -2.13. The van der Waals surface area contributed by atoms with Gasteiger partial charge < -0.3 is 24.7 Å². The van der Waals surface area contributed by atoms with Gasteiger partial charge in [-0.2, -0.15) is 0 Å². The minimum atomic E-state index is -1.51. The highest BCUT2D eigenvalue weighted by atomic mass is 16.5. The molecule has 2 aromatic rings. The maximum atomic E-state index is 11.9. The Labute approximate surface area is 137 Å². The molecule has 0 spiro atoms.